The Hall–Kier alpha value is -4.11. The van der Waals surface area contributed by atoms with E-state index in [1.54, 1.807) is 47.3 Å². The third-order valence-corrected chi connectivity index (χ3v) is 6.59. The number of hydrogen-bond acceptors (Lipinski definition) is 7. The lowest BCUT2D eigenvalue weighted by molar-refractivity contribution is 0.101. The molecule has 2 aromatic heterocycles. The van der Waals surface area contributed by atoms with Crippen molar-refractivity contribution < 1.29 is 28.2 Å². The minimum atomic E-state index is -3.40. The first-order valence-electron chi connectivity index (χ1n) is 9.88. The maximum Gasteiger partial charge on any atom is 0.235 e. The number of pyridine rings is 1. The standard InChI is InChI=1S/C24H18N2O6S/c1-26-12-14(9-20-23(29)22-18(28)10-15(27)11-19(22)32-20)21-17(6-7-25-24(21)26)13-4-3-5-16(8-13)33(2,30)31/h3-12,27-28H,1-2H3/b20-9-. The molecule has 1 aliphatic heterocycles. The van der Waals surface area contributed by atoms with Crippen LogP contribution in [0.25, 0.3) is 28.2 Å². The maximum atomic E-state index is 12.9. The molecule has 4 aromatic rings. The summed E-state index contributed by atoms with van der Waals surface area (Å²) in [6.07, 6.45) is 6.12. The zero-order valence-corrected chi connectivity index (χ0v) is 18.4. The summed E-state index contributed by atoms with van der Waals surface area (Å²) in [7, 11) is -1.59. The molecule has 9 heteroatoms. The number of nitrogens with zero attached hydrogens (tertiary/aromatic N) is 2. The number of sulfone groups is 1. The van der Waals surface area contributed by atoms with Crippen LogP contribution < -0.4 is 4.74 Å². The van der Waals surface area contributed by atoms with Crippen molar-refractivity contribution in [2.24, 2.45) is 7.05 Å². The zero-order chi connectivity index (χ0) is 23.5. The van der Waals surface area contributed by atoms with Gasteiger partial charge in [-0.2, -0.15) is 0 Å². The van der Waals surface area contributed by atoms with Crippen LogP contribution in [0.15, 0.2) is 65.5 Å². The highest BCUT2D eigenvalue weighted by molar-refractivity contribution is 7.90. The summed E-state index contributed by atoms with van der Waals surface area (Å²) in [6.45, 7) is 0. The van der Waals surface area contributed by atoms with Gasteiger partial charge in [0, 0.05) is 48.8 Å². The number of aromatic nitrogens is 2. The average Bonchev–Trinajstić information content (AvgIpc) is 3.24. The first kappa shape index (κ1) is 20.8. The molecule has 2 N–H and O–H groups in total. The predicted molar refractivity (Wildman–Crippen MR) is 122 cm³/mol. The molecule has 166 valence electrons. The molecule has 0 spiro atoms. The van der Waals surface area contributed by atoms with E-state index < -0.39 is 15.6 Å². The Morgan fingerprint density at radius 2 is 1.91 bits per heavy atom. The molecule has 0 amide bonds. The topological polar surface area (TPSA) is 119 Å². The maximum absolute atomic E-state index is 12.9. The molecule has 0 atom stereocenters. The van der Waals surface area contributed by atoms with Gasteiger partial charge in [-0.1, -0.05) is 12.1 Å². The van der Waals surface area contributed by atoms with Gasteiger partial charge >= 0.3 is 0 Å². The van der Waals surface area contributed by atoms with Gasteiger partial charge in [-0.3, -0.25) is 4.79 Å². The van der Waals surface area contributed by atoms with E-state index in [2.05, 4.69) is 4.98 Å². The van der Waals surface area contributed by atoms with Crippen LogP contribution in [0.5, 0.6) is 17.2 Å². The number of phenols is 2. The van der Waals surface area contributed by atoms with Crippen LogP contribution in [0.4, 0.5) is 0 Å². The number of ether oxygens (including phenoxy) is 1. The number of benzene rings is 2. The van der Waals surface area contributed by atoms with Gasteiger partial charge in [-0.05, 0) is 35.4 Å². The highest BCUT2D eigenvalue weighted by Gasteiger charge is 2.31. The number of ketones is 1. The van der Waals surface area contributed by atoms with Crippen LogP contribution in [-0.4, -0.2) is 40.2 Å². The molecule has 0 unspecified atom stereocenters. The fourth-order valence-electron chi connectivity index (χ4n) is 4.00. The van der Waals surface area contributed by atoms with Gasteiger partial charge in [-0.25, -0.2) is 13.4 Å². The molecule has 8 nitrogen and oxygen atoms in total. The quantitative estimate of drug-likeness (QED) is 0.446. The van der Waals surface area contributed by atoms with Crippen molar-refractivity contribution >= 4 is 32.7 Å². The van der Waals surface area contributed by atoms with Crippen LogP contribution in [0, 0.1) is 0 Å². The summed E-state index contributed by atoms with van der Waals surface area (Å²) in [6, 6.07) is 10.7. The number of carbonyl (C=O) groups is 1. The minimum Gasteiger partial charge on any atom is -0.508 e. The van der Waals surface area contributed by atoms with Crippen molar-refractivity contribution in [2.45, 2.75) is 4.90 Å². The van der Waals surface area contributed by atoms with Gasteiger partial charge in [0.1, 0.15) is 28.5 Å². The second-order valence-corrected chi connectivity index (χ2v) is 9.85. The minimum absolute atomic E-state index is 0.0153. The fraction of sp³-hybridized carbons (Fsp3) is 0.0833. The Balaban J connectivity index is 1.69. The first-order chi connectivity index (χ1) is 15.6. The number of Topliss-reactive ketones (excluding diaryl/α,β-unsaturated/α-hetero) is 1. The summed E-state index contributed by atoms with van der Waals surface area (Å²) in [5.74, 6) is -1.04. The zero-order valence-electron chi connectivity index (χ0n) is 17.6. The number of aromatic hydroxyl groups is 2. The molecule has 3 heterocycles. The molecule has 2 aromatic carbocycles. The van der Waals surface area contributed by atoms with E-state index >= 15 is 0 Å². The summed E-state index contributed by atoms with van der Waals surface area (Å²) in [5, 5.41) is 20.5. The third kappa shape index (κ3) is 3.42. The lowest BCUT2D eigenvalue weighted by Gasteiger charge is -2.07. The van der Waals surface area contributed by atoms with Crippen LogP contribution in [-0.2, 0) is 16.9 Å². The Labute approximate surface area is 188 Å². The van der Waals surface area contributed by atoms with E-state index in [0.29, 0.717) is 22.2 Å². The van der Waals surface area contributed by atoms with Crippen LogP contribution in [0.3, 0.4) is 0 Å². The highest BCUT2D eigenvalue weighted by Crippen LogP contribution is 2.41. The molecule has 5 rings (SSSR count). The normalized spacial score (nSPS) is 14.6. The Kier molecular flexibility index (Phi) is 4.54. The van der Waals surface area contributed by atoms with Crippen molar-refractivity contribution in [3.05, 3.63) is 71.7 Å². The summed E-state index contributed by atoms with van der Waals surface area (Å²) >= 11 is 0. The molecule has 0 bridgehead atoms. The molecule has 0 saturated heterocycles. The first-order valence-corrected chi connectivity index (χ1v) is 11.8. The lowest BCUT2D eigenvalue weighted by atomic mass is 10.0. The summed E-state index contributed by atoms with van der Waals surface area (Å²) in [4.78, 5) is 17.5. The van der Waals surface area contributed by atoms with Gasteiger partial charge in [0.15, 0.2) is 15.6 Å². The number of aryl methyl sites for hydroxylation is 1. The van der Waals surface area contributed by atoms with E-state index in [1.165, 1.54) is 12.1 Å². The largest absolute Gasteiger partial charge is 0.508 e. The van der Waals surface area contributed by atoms with Gasteiger partial charge < -0.3 is 19.5 Å². The molecule has 0 fully saturated rings. The second kappa shape index (κ2) is 7.21. The van der Waals surface area contributed by atoms with E-state index in [-0.39, 0.29) is 33.5 Å². The summed E-state index contributed by atoms with van der Waals surface area (Å²) < 4.78 is 31.5. The van der Waals surface area contributed by atoms with E-state index in [9.17, 15) is 23.4 Å². The molecule has 33 heavy (non-hydrogen) atoms. The average molecular weight is 462 g/mol. The molecular formula is C24H18N2O6S. The highest BCUT2D eigenvalue weighted by atomic mass is 32.2. The van der Waals surface area contributed by atoms with Gasteiger partial charge in [-0.15, -0.1) is 0 Å². The Bertz CT molecular complexity index is 1620. The van der Waals surface area contributed by atoms with Gasteiger partial charge in [0.25, 0.3) is 0 Å². The molecule has 0 saturated carbocycles. The lowest BCUT2D eigenvalue weighted by Crippen LogP contribution is -1.98. The number of phenolic OH excluding ortho intramolecular Hbond substituents is 2. The summed E-state index contributed by atoms with van der Waals surface area (Å²) in [5.41, 5.74) is 2.66. The fourth-order valence-corrected chi connectivity index (χ4v) is 4.67. The van der Waals surface area contributed by atoms with Crippen LogP contribution in [0.2, 0.25) is 0 Å². The molecule has 0 aliphatic carbocycles. The number of fused-ring (bicyclic) bond motifs is 2. The number of hydrogen-bond donors (Lipinski definition) is 2. The van der Waals surface area contributed by atoms with Crippen molar-refractivity contribution in [3.63, 3.8) is 0 Å². The second-order valence-electron chi connectivity index (χ2n) is 7.83. The van der Waals surface area contributed by atoms with E-state index in [4.69, 9.17) is 4.74 Å². The Morgan fingerprint density at radius 3 is 2.67 bits per heavy atom. The van der Waals surface area contributed by atoms with Crippen molar-refractivity contribution in [1.29, 1.82) is 0 Å². The van der Waals surface area contributed by atoms with E-state index in [0.717, 1.165) is 17.9 Å². The number of allylic oxidation sites excluding steroid dienone is 1. The van der Waals surface area contributed by atoms with Crippen LogP contribution >= 0.6 is 0 Å². The van der Waals surface area contributed by atoms with Gasteiger partial charge in [0.2, 0.25) is 5.78 Å². The number of rotatable bonds is 3. The van der Waals surface area contributed by atoms with Crippen molar-refractivity contribution in [3.8, 4) is 28.4 Å². The van der Waals surface area contributed by atoms with Crippen LogP contribution in [0.1, 0.15) is 15.9 Å². The molecule has 1 aliphatic rings. The predicted octanol–water partition coefficient (Wildman–Crippen LogP) is 3.67. The molecular weight excluding hydrogens is 444 g/mol. The van der Waals surface area contributed by atoms with E-state index in [1.807, 2.05) is 7.05 Å². The van der Waals surface area contributed by atoms with Crippen molar-refractivity contribution in [2.75, 3.05) is 6.26 Å². The Morgan fingerprint density at radius 1 is 1.12 bits per heavy atom. The smallest absolute Gasteiger partial charge is 0.235 e. The third-order valence-electron chi connectivity index (χ3n) is 5.48. The SMILES string of the molecule is Cn1cc(/C=C2\Oc3cc(O)cc(O)c3C2=O)c2c(-c3cccc(S(C)(=O)=O)c3)ccnc21. The number of carbonyl (C=O) groups excluding carboxylic acids is 1. The van der Waals surface area contributed by atoms with Gasteiger partial charge in [0.05, 0.1) is 4.90 Å². The molecule has 0 radical (unpaired) electrons. The monoisotopic (exact) mass is 462 g/mol. The van der Waals surface area contributed by atoms with Crippen molar-refractivity contribution in [1.82, 2.24) is 9.55 Å².